The van der Waals surface area contributed by atoms with Gasteiger partial charge in [-0.05, 0) is 30.8 Å². The Hall–Kier alpha value is -0.220. The van der Waals surface area contributed by atoms with Crippen LogP contribution >= 0.6 is 11.8 Å². The summed E-state index contributed by atoms with van der Waals surface area (Å²) in [6, 6.07) is 0. The fraction of sp³-hybridized carbons (Fsp3) is 0.909. The first kappa shape index (κ1) is 14.8. The number of nitrogens with two attached hydrogens (primary N) is 1. The highest BCUT2D eigenvalue weighted by molar-refractivity contribution is 7.99. The molecule has 0 fully saturated rings. The predicted octanol–water partition coefficient (Wildman–Crippen LogP) is 2.23. The molecule has 0 aliphatic heterocycles. The highest BCUT2D eigenvalue weighted by atomic mass is 32.2. The summed E-state index contributed by atoms with van der Waals surface area (Å²) in [5, 5.41) is 16.0. The number of thioether (sulfide) groups is 1. The second kappa shape index (κ2) is 7.99. The Balaban J connectivity index is 3.35. The Kier molecular flexibility index (Phi) is 7.88. The van der Waals surface area contributed by atoms with Crippen molar-refractivity contribution in [3.8, 4) is 0 Å². The van der Waals surface area contributed by atoms with Crippen molar-refractivity contribution in [1.29, 1.82) is 5.41 Å². The summed E-state index contributed by atoms with van der Waals surface area (Å²) >= 11 is 1.89. The summed E-state index contributed by atoms with van der Waals surface area (Å²) in [5.74, 6) is 2.48. The van der Waals surface area contributed by atoms with E-state index in [1.54, 1.807) is 0 Å². The number of hydrogen-bond donors (Lipinski definition) is 3. The third-order valence-corrected chi connectivity index (χ3v) is 3.67. The fourth-order valence-electron chi connectivity index (χ4n) is 1.17. The van der Waals surface area contributed by atoms with Gasteiger partial charge in [0.1, 0.15) is 0 Å². The van der Waals surface area contributed by atoms with Gasteiger partial charge >= 0.3 is 0 Å². The van der Waals surface area contributed by atoms with Crippen molar-refractivity contribution >= 4 is 17.6 Å². The van der Waals surface area contributed by atoms with Crippen molar-refractivity contribution in [3.63, 3.8) is 0 Å². The van der Waals surface area contributed by atoms with E-state index in [4.69, 9.17) is 16.2 Å². The third-order valence-electron chi connectivity index (χ3n) is 2.52. The molecule has 0 radical (unpaired) electrons. The Bertz CT molecular complexity index is 183. The number of aliphatic hydroxyl groups is 1. The lowest BCUT2D eigenvalue weighted by Crippen LogP contribution is -2.30. The minimum Gasteiger partial charge on any atom is -0.396 e. The number of aliphatic hydroxyl groups excluding tert-OH is 1. The molecule has 0 saturated carbocycles. The van der Waals surface area contributed by atoms with E-state index < -0.39 is 0 Å². The second-order valence-corrected chi connectivity index (χ2v) is 5.67. The molecule has 0 aromatic heterocycles. The molecule has 3 nitrogen and oxygen atoms in total. The molecule has 0 rings (SSSR count). The molecule has 0 unspecified atom stereocenters. The van der Waals surface area contributed by atoms with E-state index in [1.807, 2.05) is 25.6 Å². The molecule has 0 spiro atoms. The van der Waals surface area contributed by atoms with Crippen molar-refractivity contribution in [2.45, 2.75) is 39.5 Å². The minimum absolute atomic E-state index is 0.143. The fourth-order valence-corrected chi connectivity index (χ4v) is 2.12. The van der Waals surface area contributed by atoms with Gasteiger partial charge in [-0.25, -0.2) is 0 Å². The van der Waals surface area contributed by atoms with Crippen LogP contribution < -0.4 is 5.73 Å². The lowest BCUT2D eigenvalue weighted by Gasteiger charge is -2.22. The van der Waals surface area contributed by atoms with Crippen molar-refractivity contribution in [2.75, 3.05) is 18.1 Å². The minimum atomic E-state index is -0.143. The third kappa shape index (κ3) is 7.68. The smallest absolute Gasteiger partial charge is 0.0963 e. The summed E-state index contributed by atoms with van der Waals surface area (Å²) in [7, 11) is 0. The maximum absolute atomic E-state index is 8.59. The van der Waals surface area contributed by atoms with Crippen LogP contribution in [0.15, 0.2) is 0 Å². The van der Waals surface area contributed by atoms with Crippen LogP contribution in [0.25, 0.3) is 0 Å². The molecule has 4 heteroatoms. The van der Waals surface area contributed by atoms with E-state index in [0.29, 0.717) is 6.61 Å². The molecule has 0 saturated heterocycles. The molecule has 0 bridgehead atoms. The maximum Gasteiger partial charge on any atom is 0.0963 e. The van der Waals surface area contributed by atoms with Gasteiger partial charge < -0.3 is 10.8 Å². The quantitative estimate of drug-likeness (QED) is 0.324. The van der Waals surface area contributed by atoms with E-state index >= 15 is 0 Å². The molecule has 0 atom stereocenters. The Morgan fingerprint density at radius 2 is 1.87 bits per heavy atom. The number of rotatable bonds is 9. The predicted molar refractivity (Wildman–Crippen MR) is 68.6 cm³/mol. The van der Waals surface area contributed by atoms with Crippen LogP contribution in [0.2, 0.25) is 0 Å². The number of nitrogens with one attached hydrogen (secondary N) is 1. The topological polar surface area (TPSA) is 70.1 Å². The summed E-state index contributed by atoms with van der Waals surface area (Å²) in [5.41, 5.74) is 5.36. The number of hydrogen-bond acceptors (Lipinski definition) is 3. The van der Waals surface area contributed by atoms with Crippen molar-refractivity contribution in [3.05, 3.63) is 0 Å². The molecule has 0 aliphatic carbocycles. The normalized spacial score (nSPS) is 11.7. The maximum atomic E-state index is 8.59. The molecule has 4 N–H and O–H groups in total. The van der Waals surface area contributed by atoms with E-state index in [-0.39, 0.29) is 11.3 Å². The molecule has 90 valence electrons. The molecule has 0 heterocycles. The summed E-state index contributed by atoms with van der Waals surface area (Å²) < 4.78 is 0. The highest BCUT2D eigenvalue weighted by Gasteiger charge is 2.20. The molecular formula is C11H24N2OS. The Morgan fingerprint density at radius 3 is 2.40 bits per heavy atom. The highest BCUT2D eigenvalue weighted by Crippen LogP contribution is 2.23. The summed E-state index contributed by atoms with van der Waals surface area (Å²) in [4.78, 5) is 0. The van der Waals surface area contributed by atoms with E-state index in [2.05, 4.69) is 0 Å². The van der Waals surface area contributed by atoms with Gasteiger partial charge in [-0.15, -0.1) is 0 Å². The van der Waals surface area contributed by atoms with Crippen LogP contribution in [0.4, 0.5) is 0 Å². The van der Waals surface area contributed by atoms with Crippen LogP contribution in [-0.2, 0) is 0 Å². The van der Waals surface area contributed by atoms with Gasteiger partial charge in [0, 0.05) is 12.0 Å². The lowest BCUT2D eigenvalue weighted by atomic mass is 9.86. The molecule has 0 aromatic rings. The molecular weight excluding hydrogens is 208 g/mol. The van der Waals surface area contributed by atoms with Gasteiger partial charge in [-0.2, -0.15) is 11.8 Å². The Morgan fingerprint density at radius 1 is 1.27 bits per heavy atom. The summed E-state index contributed by atoms with van der Waals surface area (Å²) in [6.45, 7) is 4.34. The van der Waals surface area contributed by atoms with Crippen molar-refractivity contribution < 1.29 is 5.11 Å². The first-order chi connectivity index (χ1) is 7.00. The zero-order valence-electron chi connectivity index (χ0n) is 9.88. The Labute approximate surface area is 97.3 Å². The van der Waals surface area contributed by atoms with Gasteiger partial charge in [-0.3, -0.25) is 5.41 Å². The first-order valence-electron chi connectivity index (χ1n) is 5.54. The largest absolute Gasteiger partial charge is 0.396 e. The summed E-state index contributed by atoms with van der Waals surface area (Å²) in [6.07, 6.45) is 4.18. The van der Waals surface area contributed by atoms with Crippen molar-refractivity contribution in [2.24, 2.45) is 11.1 Å². The van der Waals surface area contributed by atoms with Gasteiger partial charge in [0.15, 0.2) is 0 Å². The number of unbranched alkanes of at least 4 members (excludes halogenated alkanes) is 1. The molecule has 0 amide bonds. The molecule has 0 aliphatic rings. The van der Waals surface area contributed by atoms with Crippen LogP contribution in [0.3, 0.4) is 0 Å². The van der Waals surface area contributed by atoms with E-state index in [1.165, 1.54) is 6.42 Å². The molecule has 0 aromatic carbocycles. The SMILES string of the molecule is CC(C)(CCCCSCCCO)C(=N)N. The van der Waals surface area contributed by atoms with Crippen LogP contribution in [-0.4, -0.2) is 29.1 Å². The zero-order valence-corrected chi connectivity index (χ0v) is 10.7. The first-order valence-corrected chi connectivity index (χ1v) is 6.69. The average Bonchev–Trinajstić information content (AvgIpc) is 2.16. The lowest BCUT2D eigenvalue weighted by molar-refractivity contribution is 0.296. The molecule has 15 heavy (non-hydrogen) atoms. The monoisotopic (exact) mass is 232 g/mol. The van der Waals surface area contributed by atoms with Crippen molar-refractivity contribution in [1.82, 2.24) is 0 Å². The van der Waals surface area contributed by atoms with Crippen LogP contribution in [0.1, 0.15) is 39.5 Å². The van der Waals surface area contributed by atoms with Gasteiger partial charge in [-0.1, -0.05) is 20.3 Å². The van der Waals surface area contributed by atoms with Crippen LogP contribution in [0, 0.1) is 10.8 Å². The van der Waals surface area contributed by atoms with Gasteiger partial charge in [0.2, 0.25) is 0 Å². The average molecular weight is 232 g/mol. The zero-order chi connectivity index (χ0) is 11.7. The number of amidine groups is 1. The van der Waals surface area contributed by atoms with E-state index in [9.17, 15) is 0 Å². The van der Waals surface area contributed by atoms with E-state index in [0.717, 1.165) is 30.8 Å². The standard InChI is InChI=1S/C11H24N2OS/c1-11(2,10(12)13)6-3-4-8-15-9-5-7-14/h14H,3-9H2,1-2H3,(H3,12,13). The van der Waals surface area contributed by atoms with Gasteiger partial charge in [0.25, 0.3) is 0 Å². The second-order valence-electron chi connectivity index (χ2n) is 4.44. The van der Waals surface area contributed by atoms with Crippen LogP contribution in [0.5, 0.6) is 0 Å². The van der Waals surface area contributed by atoms with Gasteiger partial charge in [0.05, 0.1) is 5.84 Å².